The Bertz CT molecular complexity index is 1660. The number of carbonyl (C=O) groups excluding carboxylic acids is 1. The predicted molar refractivity (Wildman–Crippen MR) is 141 cm³/mol. The van der Waals surface area contributed by atoms with Crippen LogP contribution in [0.25, 0.3) is 21.9 Å². The first-order chi connectivity index (χ1) is 16.8. The van der Waals surface area contributed by atoms with Crippen molar-refractivity contribution in [3.8, 4) is 0 Å². The number of furan rings is 1. The highest BCUT2D eigenvalue weighted by Gasteiger charge is 2.18. The largest absolute Gasteiger partial charge is 0.456 e. The molecular formula is C27H21ClN2O4S. The molecule has 0 aliphatic rings. The summed E-state index contributed by atoms with van der Waals surface area (Å²) in [6.45, 7) is 0.115. The number of sulfonamides is 1. The molecule has 5 rings (SSSR count). The summed E-state index contributed by atoms with van der Waals surface area (Å²) < 4.78 is 31.9. The van der Waals surface area contributed by atoms with Gasteiger partial charge in [0.05, 0.1) is 18.5 Å². The average Bonchev–Trinajstić information content (AvgIpc) is 3.20. The number of halogens is 1. The van der Waals surface area contributed by atoms with Crippen LogP contribution >= 0.6 is 11.6 Å². The zero-order chi connectivity index (χ0) is 24.6. The summed E-state index contributed by atoms with van der Waals surface area (Å²) in [5, 5.41) is 5.35. The number of hydrogen-bond acceptors (Lipinski definition) is 4. The SMILES string of the molecule is CS(=O)(=O)N(Cc1ccc(C(=O)Nc2ccc3c(c2)oc2ccccc23)cc1)c1cccc(Cl)c1. The van der Waals surface area contributed by atoms with Crippen LogP contribution in [-0.2, 0) is 16.6 Å². The zero-order valence-corrected chi connectivity index (χ0v) is 20.3. The molecule has 0 atom stereocenters. The van der Waals surface area contributed by atoms with Gasteiger partial charge in [-0.1, -0.05) is 48.0 Å². The van der Waals surface area contributed by atoms with Gasteiger partial charge < -0.3 is 9.73 Å². The Balaban J connectivity index is 1.33. The molecule has 0 saturated heterocycles. The molecule has 0 aliphatic carbocycles. The van der Waals surface area contributed by atoms with Gasteiger partial charge in [0, 0.05) is 33.1 Å². The average molecular weight is 505 g/mol. The standard InChI is InChI=1S/C27H21ClN2O4S/c1-35(32,33)30(22-6-4-5-20(28)15-22)17-18-9-11-19(12-10-18)27(31)29-21-13-14-24-23-7-2-3-8-25(23)34-26(24)16-21/h2-16H,17H2,1H3,(H,29,31). The van der Waals surface area contributed by atoms with Gasteiger partial charge in [-0.05, 0) is 54.1 Å². The molecule has 8 heteroatoms. The number of nitrogens with zero attached hydrogens (tertiary/aromatic N) is 1. The second-order valence-electron chi connectivity index (χ2n) is 8.21. The lowest BCUT2D eigenvalue weighted by Crippen LogP contribution is -2.29. The minimum absolute atomic E-state index is 0.115. The summed E-state index contributed by atoms with van der Waals surface area (Å²) in [4.78, 5) is 12.8. The lowest BCUT2D eigenvalue weighted by Gasteiger charge is -2.22. The maximum Gasteiger partial charge on any atom is 0.255 e. The van der Waals surface area contributed by atoms with Crippen LogP contribution < -0.4 is 9.62 Å². The zero-order valence-electron chi connectivity index (χ0n) is 18.7. The van der Waals surface area contributed by atoms with Crippen molar-refractivity contribution in [1.82, 2.24) is 0 Å². The molecule has 0 fully saturated rings. The molecule has 1 heterocycles. The monoisotopic (exact) mass is 504 g/mol. The summed E-state index contributed by atoms with van der Waals surface area (Å²) in [5.74, 6) is -0.276. The first-order valence-corrected chi connectivity index (χ1v) is 13.1. The van der Waals surface area contributed by atoms with E-state index < -0.39 is 10.0 Å². The number of anilines is 2. The van der Waals surface area contributed by atoms with Crippen LogP contribution in [0.3, 0.4) is 0 Å². The van der Waals surface area contributed by atoms with E-state index in [-0.39, 0.29) is 12.5 Å². The van der Waals surface area contributed by atoms with E-state index in [4.69, 9.17) is 16.0 Å². The predicted octanol–water partition coefficient (Wildman–Crippen LogP) is 6.46. The molecule has 4 aromatic carbocycles. The van der Waals surface area contributed by atoms with E-state index in [1.807, 2.05) is 36.4 Å². The van der Waals surface area contributed by atoms with E-state index in [0.29, 0.717) is 27.5 Å². The molecular weight excluding hydrogens is 484 g/mol. The number of benzene rings is 4. The van der Waals surface area contributed by atoms with E-state index in [1.165, 1.54) is 4.31 Å². The van der Waals surface area contributed by atoms with Crippen molar-refractivity contribution in [2.24, 2.45) is 0 Å². The molecule has 0 bridgehead atoms. The highest BCUT2D eigenvalue weighted by molar-refractivity contribution is 7.92. The van der Waals surface area contributed by atoms with Crippen LogP contribution in [0.5, 0.6) is 0 Å². The minimum Gasteiger partial charge on any atom is -0.456 e. The Hall–Kier alpha value is -3.81. The van der Waals surface area contributed by atoms with Gasteiger partial charge in [-0.3, -0.25) is 9.10 Å². The van der Waals surface area contributed by atoms with Gasteiger partial charge in [0.2, 0.25) is 10.0 Å². The summed E-state index contributed by atoms with van der Waals surface area (Å²) in [5.41, 5.74) is 3.77. The molecule has 1 amide bonds. The van der Waals surface area contributed by atoms with Crippen molar-refractivity contribution in [3.63, 3.8) is 0 Å². The van der Waals surface area contributed by atoms with Crippen molar-refractivity contribution >= 4 is 60.8 Å². The van der Waals surface area contributed by atoms with Crippen LogP contribution in [-0.4, -0.2) is 20.6 Å². The Morgan fingerprint density at radius 1 is 0.886 bits per heavy atom. The molecule has 5 aromatic rings. The second kappa shape index (κ2) is 9.09. The lowest BCUT2D eigenvalue weighted by atomic mass is 10.1. The highest BCUT2D eigenvalue weighted by atomic mass is 35.5. The summed E-state index contributed by atoms with van der Waals surface area (Å²) in [7, 11) is -3.54. The first kappa shape index (κ1) is 23.0. The molecule has 0 saturated carbocycles. The van der Waals surface area contributed by atoms with Gasteiger partial charge in [0.15, 0.2) is 0 Å². The van der Waals surface area contributed by atoms with Gasteiger partial charge in [0.1, 0.15) is 11.2 Å². The lowest BCUT2D eigenvalue weighted by molar-refractivity contribution is 0.102. The summed E-state index contributed by atoms with van der Waals surface area (Å²) in [6.07, 6.45) is 1.15. The maximum atomic E-state index is 12.8. The number of nitrogens with one attached hydrogen (secondary N) is 1. The Morgan fingerprint density at radius 3 is 2.37 bits per heavy atom. The van der Waals surface area contributed by atoms with E-state index >= 15 is 0 Å². The van der Waals surface area contributed by atoms with E-state index in [1.54, 1.807) is 54.6 Å². The molecule has 1 N–H and O–H groups in total. The van der Waals surface area contributed by atoms with Crippen LogP contribution in [0.4, 0.5) is 11.4 Å². The second-order valence-corrected chi connectivity index (χ2v) is 10.6. The third-order valence-electron chi connectivity index (χ3n) is 5.68. The third kappa shape index (κ3) is 4.87. The topological polar surface area (TPSA) is 79.6 Å². The van der Waals surface area contributed by atoms with Crippen molar-refractivity contribution in [1.29, 1.82) is 0 Å². The van der Waals surface area contributed by atoms with Gasteiger partial charge in [0.25, 0.3) is 5.91 Å². The van der Waals surface area contributed by atoms with Gasteiger partial charge in [-0.2, -0.15) is 0 Å². The Kier molecular flexibility index (Phi) is 5.96. The number of hydrogen-bond donors (Lipinski definition) is 1. The van der Waals surface area contributed by atoms with E-state index in [2.05, 4.69) is 5.32 Å². The van der Waals surface area contributed by atoms with E-state index in [0.717, 1.165) is 28.2 Å². The maximum absolute atomic E-state index is 12.8. The number of fused-ring (bicyclic) bond motifs is 3. The van der Waals surface area contributed by atoms with Gasteiger partial charge in [-0.15, -0.1) is 0 Å². The summed E-state index contributed by atoms with van der Waals surface area (Å²) in [6, 6.07) is 26.8. The van der Waals surface area contributed by atoms with Crippen LogP contribution in [0.2, 0.25) is 5.02 Å². The van der Waals surface area contributed by atoms with Crippen LogP contribution in [0.15, 0.2) is 95.4 Å². The molecule has 35 heavy (non-hydrogen) atoms. The highest BCUT2D eigenvalue weighted by Crippen LogP contribution is 2.30. The fourth-order valence-corrected chi connectivity index (χ4v) is 5.03. The Morgan fingerprint density at radius 2 is 1.63 bits per heavy atom. The fourth-order valence-electron chi connectivity index (χ4n) is 3.97. The number of para-hydroxylation sites is 1. The molecule has 176 valence electrons. The normalized spacial score (nSPS) is 11.6. The van der Waals surface area contributed by atoms with Gasteiger partial charge in [-0.25, -0.2) is 8.42 Å². The molecule has 1 aromatic heterocycles. The number of carbonyl (C=O) groups is 1. The van der Waals surface area contributed by atoms with Crippen LogP contribution in [0.1, 0.15) is 15.9 Å². The molecule has 0 aliphatic heterocycles. The summed E-state index contributed by atoms with van der Waals surface area (Å²) >= 11 is 6.04. The first-order valence-electron chi connectivity index (χ1n) is 10.8. The quantitative estimate of drug-likeness (QED) is 0.288. The van der Waals surface area contributed by atoms with Crippen molar-refractivity contribution in [2.75, 3.05) is 15.9 Å². The number of rotatable bonds is 6. The third-order valence-corrected chi connectivity index (χ3v) is 7.05. The van der Waals surface area contributed by atoms with Crippen molar-refractivity contribution < 1.29 is 17.6 Å². The molecule has 0 radical (unpaired) electrons. The van der Waals surface area contributed by atoms with Crippen LogP contribution in [0, 0.1) is 0 Å². The molecule has 0 spiro atoms. The van der Waals surface area contributed by atoms with Gasteiger partial charge >= 0.3 is 0 Å². The molecule has 6 nitrogen and oxygen atoms in total. The Labute approximate surface area is 207 Å². The van der Waals surface area contributed by atoms with Crippen molar-refractivity contribution in [2.45, 2.75) is 6.54 Å². The fraction of sp³-hybridized carbons (Fsp3) is 0.0741. The van der Waals surface area contributed by atoms with E-state index in [9.17, 15) is 13.2 Å². The number of amides is 1. The molecule has 0 unspecified atom stereocenters. The smallest absolute Gasteiger partial charge is 0.255 e. The minimum atomic E-state index is -3.54. The van der Waals surface area contributed by atoms with Crippen molar-refractivity contribution in [3.05, 3.63) is 107 Å².